The summed E-state index contributed by atoms with van der Waals surface area (Å²) in [6, 6.07) is 55.9. The van der Waals surface area contributed by atoms with Gasteiger partial charge in [0.1, 0.15) is 0 Å². The number of nitrogens with zero attached hydrogens (tertiary/aromatic N) is 4. The summed E-state index contributed by atoms with van der Waals surface area (Å²) in [5.74, 6) is 2.01. The van der Waals surface area contributed by atoms with Crippen LogP contribution in [-0.2, 0) is 6.42 Å². The van der Waals surface area contributed by atoms with Crippen LogP contribution in [0.5, 0.6) is 0 Å². The number of rotatable bonds is 5. The first-order chi connectivity index (χ1) is 25.3. The van der Waals surface area contributed by atoms with Crippen molar-refractivity contribution in [3.05, 3.63) is 175 Å². The van der Waals surface area contributed by atoms with E-state index in [1.54, 1.807) is 0 Å². The molecule has 0 aliphatic heterocycles. The van der Waals surface area contributed by atoms with Crippen molar-refractivity contribution >= 4 is 38.7 Å². The Morgan fingerprint density at radius 3 is 1.82 bits per heavy atom. The topological polar surface area (TPSA) is 43.6 Å². The van der Waals surface area contributed by atoms with Crippen LogP contribution in [0.4, 0.5) is 0 Å². The van der Waals surface area contributed by atoms with Crippen molar-refractivity contribution in [3.8, 4) is 51.0 Å². The molecule has 0 unspecified atom stereocenters. The molecule has 1 aliphatic carbocycles. The van der Waals surface area contributed by atoms with Gasteiger partial charge in [-0.25, -0.2) is 15.0 Å². The summed E-state index contributed by atoms with van der Waals surface area (Å²) in [5, 5.41) is 5.00. The van der Waals surface area contributed by atoms with Crippen LogP contribution in [0, 0.1) is 0 Å². The van der Waals surface area contributed by atoms with Crippen molar-refractivity contribution in [2.75, 3.05) is 0 Å². The first-order valence-corrected chi connectivity index (χ1v) is 17.5. The van der Waals surface area contributed by atoms with Gasteiger partial charge in [-0.2, -0.15) is 0 Å². The number of hydrogen-bond acceptors (Lipinski definition) is 3. The molecule has 4 heteroatoms. The molecule has 0 radical (unpaired) electrons. The standard InChI is InChI=1S/C47H32N4/c1-3-14-33(15-4-1)45-48-46(34-16-5-2-6-17-34)50-47(49-45)44-38-20-10-9-13-31(38)25-28-39(44)32-23-26-37(27-24-32)51-42-22-12-11-21-40(42)41-29-35-18-7-8-19-36(35)30-43(41)51/h1-8,10-12,14-30H,9,13H2. The predicted molar refractivity (Wildman–Crippen MR) is 211 cm³/mol. The Kier molecular flexibility index (Phi) is 6.91. The Morgan fingerprint density at radius 2 is 1.10 bits per heavy atom. The Labute approximate surface area is 296 Å². The molecule has 0 atom stereocenters. The normalized spacial score (nSPS) is 12.5. The molecule has 9 aromatic rings. The van der Waals surface area contributed by atoms with Gasteiger partial charge in [0, 0.05) is 33.2 Å². The summed E-state index contributed by atoms with van der Waals surface area (Å²) >= 11 is 0. The number of fused-ring (bicyclic) bond motifs is 5. The van der Waals surface area contributed by atoms with E-state index < -0.39 is 0 Å². The van der Waals surface area contributed by atoms with Gasteiger partial charge in [-0.3, -0.25) is 0 Å². The molecule has 0 amide bonds. The van der Waals surface area contributed by atoms with Crippen LogP contribution in [-0.4, -0.2) is 19.5 Å². The second-order valence-corrected chi connectivity index (χ2v) is 13.2. The second kappa shape index (κ2) is 12.0. The minimum Gasteiger partial charge on any atom is -0.309 e. The zero-order valence-electron chi connectivity index (χ0n) is 27.9. The van der Waals surface area contributed by atoms with Crippen LogP contribution in [0.2, 0.25) is 0 Å². The lowest BCUT2D eigenvalue weighted by molar-refractivity contribution is 0.983. The first-order valence-electron chi connectivity index (χ1n) is 17.5. The third-order valence-electron chi connectivity index (χ3n) is 10.1. The average molecular weight is 653 g/mol. The molecule has 0 bridgehead atoms. The molecule has 0 spiro atoms. The van der Waals surface area contributed by atoms with Crippen LogP contribution in [0.1, 0.15) is 17.5 Å². The number of benzene rings is 7. The lowest BCUT2D eigenvalue weighted by Gasteiger charge is -2.20. The van der Waals surface area contributed by atoms with E-state index in [0.717, 1.165) is 46.3 Å². The highest BCUT2D eigenvalue weighted by Crippen LogP contribution is 2.40. The van der Waals surface area contributed by atoms with Gasteiger partial charge in [-0.15, -0.1) is 0 Å². The zero-order chi connectivity index (χ0) is 33.7. The lowest BCUT2D eigenvalue weighted by Crippen LogP contribution is -2.05. The largest absolute Gasteiger partial charge is 0.309 e. The molecule has 51 heavy (non-hydrogen) atoms. The molecule has 7 aromatic carbocycles. The highest BCUT2D eigenvalue weighted by Gasteiger charge is 2.22. The van der Waals surface area contributed by atoms with Crippen molar-refractivity contribution in [3.63, 3.8) is 0 Å². The molecule has 2 heterocycles. The van der Waals surface area contributed by atoms with E-state index in [-0.39, 0.29) is 0 Å². The number of aryl methyl sites for hydroxylation is 1. The Balaban J connectivity index is 1.16. The van der Waals surface area contributed by atoms with Crippen molar-refractivity contribution in [1.82, 2.24) is 19.5 Å². The van der Waals surface area contributed by atoms with Crippen molar-refractivity contribution in [2.45, 2.75) is 12.8 Å². The smallest absolute Gasteiger partial charge is 0.165 e. The summed E-state index contributed by atoms with van der Waals surface area (Å²) in [7, 11) is 0. The van der Waals surface area contributed by atoms with Crippen LogP contribution in [0.25, 0.3) is 89.6 Å². The Hall–Kier alpha value is -6.65. The maximum Gasteiger partial charge on any atom is 0.165 e. The summed E-state index contributed by atoms with van der Waals surface area (Å²) in [6.07, 6.45) is 6.53. The van der Waals surface area contributed by atoms with Gasteiger partial charge < -0.3 is 4.57 Å². The van der Waals surface area contributed by atoms with E-state index in [1.807, 2.05) is 36.4 Å². The van der Waals surface area contributed by atoms with E-state index in [2.05, 4.69) is 138 Å². The highest BCUT2D eigenvalue weighted by atomic mass is 15.0. The van der Waals surface area contributed by atoms with Crippen LogP contribution < -0.4 is 0 Å². The van der Waals surface area contributed by atoms with Crippen molar-refractivity contribution in [1.29, 1.82) is 0 Å². The fraction of sp³-hybridized carbons (Fsp3) is 0.0426. The Morgan fingerprint density at radius 1 is 0.471 bits per heavy atom. The van der Waals surface area contributed by atoms with E-state index in [4.69, 9.17) is 15.0 Å². The SMILES string of the molecule is C1=Cc2c(ccc(-c3ccc(-n4c5ccccc5c5cc6ccccc6cc54)cc3)c2-c2nc(-c3ccccc3)nc(-c3ccccc3)n2)CC1. The van der Waals surface area contributed by atoms with Gasteiger partial charge >= 0.3 is 0 Å². The van der Waals surface area contributed by atoms with E-state index >= 15 is 0 Å². The van der Waals surface area contributed by atoms with E-state index in [0.29, 0.717) is 17.5 Å². The number of hydrogen-bond donors (Lipinski definition) is 0. The van der Waals surface area contributed by atoms with Gasteiger partial charge in [0.2, 0.25) is 0 Å². The number of allylic oxidation sites excluding steroid dienone is 1. The molecule has 240 valence electrons. The molecule has 0 saturated heterocycles. The molecule has 10 rings (SSSR count). The van der Waals surface area contributed by atoms with E-state index in [9.17, 15) is 0 Å². The zero-order valence-corrected chi connectivity index (χ0v) is 27.9. The van der Waals surface area contributed by atoms with Crippen LogP contribution in [0.3, 0.4) is 0 Å². The van der Waals surface area contributed by atoms with Gasteiger partial charge in [-0.1, -0.05) is 140 Å². The molecular formula is C47H32N4. The molecule has 1 aliphatic rings. The van der Waals surface area contributed by atoms with Gasteiger partial charge in [0.05, 0.1) is 11.0 Å². The molecule has 2 aromatic heterocycles. The summed E-state index contributed by atoms with van der Waals surface area (Å²) in [5.41, 5.74) is 11.2. The monoisotopic (exact) mass is 652 g/mol. The third kappa shape index (κ3) is 5.03. The predicted octanol–water partition coefficient (Wildman–Crippen LogP) is 11.7. The van der Waals surface area contributed by atoms with Crippen molar-refractivity contribution in [2.24, 2.45) is 0 Å². The summed E-state index contributed by atoms with van der Waals surface area (Å²) in [4.78, 5) is 15.3. The minimum absolute atomic E-state index is 0.664. The molecule has 0 saturated carbocycles. The molecule has 4 nitrogen and oxygen atoms in total. The number of para-hydroxylation sites is 1. The van der Waals surface area contributed by atoms with Gasteiger partial charge in [-0.05, 0) is 76.2 Å². The second-order valence-electron chi connectivity index (χ2n) is 13.2. The fourth-order valence-electron chi connectivity index (χ4n) is 7.64. The van der Waals surface area contributed by atoms with Gasteiger partial charge in [0.25, 0.3) is 0 Å². The average Bonchev–Trinajstić information content (AvgIpc) is 3.53. The quantitative estimate of drug-likeness (QED) is 0.186. The molecular weight excluding hydrogens is 621 g/mol. The third-order valence-corrected chi connectivity index (χ3v) is 10.1. The first kappa shape index (κ1) is 29.3. The van der Waals surface area contributed by atoms with Crippen molar-refractivity contribution < 1.29 is 0 Å². The van der Waals surface area contributed by atoms with E-state index in [1.165, 1.54) is 43.7 Å². The summed E-state index contributed by atoms with van der Waals surface area (Å²) in [6.45, 7) is 0. The summed E-state index contributed by atoms with van der Waals surface area (Å²) < 4.78 is 2.39. The fourth-order valence-corrected chi connectivity index (χ4v) is 7.64. The van der Waals surface area contributed by atoms with Gasteiger partial charge in [0.15, 0.2) is 17.5 Å². The lowest BCUT2D eigenvalue weighted by atomic mass is 9.87. The van der Waals surface area contributed by atoms with Crippen LogP contribution >= 0.6 is 0 Å². The highest BCUT2D eigenvalue weighted by molar-refractivity contribution is 6.13. The number of aromatic nitrogens is 4. The Bertz CT molecular complexity index is 2720. The minimum atomic E-state index is 0.664. The van der Waals surface area contributed by atoms with Crippen LogP contribution in [0.15, 0.2) is 164 Å². The maximum atomic E-state index is 5.18. The molecule has 0 fully saturated rings. The molecule has 0 N–H and O–H groups in total. The maximum absolute atomic E-state index is 5.18.